The van der Waals surface area contributed by atoms with Gasteiger partial charge in [-0.3, -0.25) is 4.79 Å². The van der Waals surface area contributed by atoms with Crippen molar-refractivity contribution in [2.24, 2.45) is 0 Å². The van der Waals surface area contributed by atoms with E-state index >= 15 is 0 Å². The number of carbonyl (C=O) groups is 1. The minimum Gasteiger partial charge on any atom is -0.278 e. The Morgan fingerprint density at radius 3 is 0.789 bits per heavy atom. The summed E-state index contributed by atoms with van der Waals surface area (Å²) in [6.45, 7) is 22.6. The van der Waals surface area contributed by atoms with Crippen molar-refractivity contribution in [2.45, 2.75) is 95.5 Å². The van der Waals surface area contributed by atoms with Gasteiger partial charge in [0.2, 0.25) is 4.45 Å². The average Bonchev–Trinajstić information content (AvgIpc) is 2.15. The van der Waals surface area contributed by atoms with Crippen LogP contribution in [0.15, 0.2) is 0 Å². The zero-order chi connectivity index (χ0) is 15.9. The van der Waals surface area contributed by atoms with Gasteiger partial charge in [-0.25, -0.2) is 8.29 Å². The second kappa shape index (κ2) is 4.98. The van der Waals surface area contributed by atoms with E-state index in [1.807, 2.05) is 0 Å². The molecule has 118 valence electrons. The first-order valence-electron chi connectivity index (χ1n) is 7.58. The van der Waals surface area contributed by atoms with Crippen LogP contribution in [0.4, 0.5) is 4.79 Å². The van der Waals surface area contributed by atoms with Crippen LogP contribution >= 0.6 is 20.9 Å². The van der Waals surface area contributed by atoms with Crippen LogP contribution < -0.4 is 0 Å². The highest BCUT2D eigenvalue weighted by Gasteiger charge is 2.75. The topological polar surface area (TPSA) is 17.1 Å². The van der Waals surface area contributed by atoms with Gasteiger partial charge in [-0.15, -0.1) is 0 Å². The Hall–Kier alpha value is 0.370. The molecule has 0 aromatic heterocycles. The van der Waals surface area contributed by atoms with Crippen molar-refractivity contribution in [3.05, 3.63) is 0 Å². The van der Waals surface area contributed by atoms with E-state index in [2.05, 4.69) is 81.9 Å². The molecule has 0 heterocycles. The lowest BCUT2D eigenvalue weighted by Crippen LogP contribution is -2.68. The predicted molar refractivity (Wildman–Crippen MR) is 97.7 cm³/mol. The lowest BCUT2D eigenvalue weighted by Gasteiger charge is -2.90. The van der Waals surface area contributed by atoms with Gasteiger partial charge >= 0.3 is 0 Å². The molecule has 0 rings (SSSR count). The molecule has 0 unspecified atom stereocenters. The summed E-state index contributed by atoms with van der Waals surface area (Å²) in [5, 5.41) is 1.69. The van der Waals surface area contributed by atoms with Crippen molar-refractivity contribution in [3.8, 4) is 0 Å². The summed E-state index contributed by atoms with van der Waals surface area (Å²) < 4.78 is 0.185. The van der Waals surface area contributed by atoms with E-state index in [4.69, 9.17) is 0 Å². The number of hydrogen-bond donors (Lipinski definition) is 1. The van der Waals surface area contributed by atoms with Crippen molar-refractivity contribution >= 4 is 25.4 Å². The second-order valence-corrected chi connectivity index (χ2v) is 17.2. The highest BCUT2D eigenvalue weighted by Crippen LogP contribution is 3.02. The molecular weight excluding hydrogens is 272 g/mol. The minimum absolute atomic E-state index is 0.185. The van der Waals surface area contributed by atoms with Crippen LogP contribution in [0.3, 0.4) is 0 Å². The molecule has 0 bridgehead atoms. The molecule has 0 atom stereocenters. The van der Waals surface area contributed by atoms with Gasteiger partial charge in [-0.05, 0) is 26.2 Å². The standard InChI is InChI=1S/C16H36OS2/c1-11(2)19(12(3)4,13(5)6,14(7)8,15(9)10)16(17)18/h11-15H,1-10H3,(H,17,18). The van der Waals surface area contributed by atoms with Crippen LogP contribution in [-0.2, 0) is 0 Å². The first-order valence-corrected chi connectivity index (χ1v) is 10.8. The molecule has 0 radical (unpaired) electrons. The number of hydrogen-bond acceptors (Lipinski definition) is 1. The van der Waals surface area contributed by atoms with E-state index in [1.54, 1.807) is 0 Å². The summed E-state index contributed by atoms with van der Waals surface area (Å²) in [4.78, 5) is 13.2. The van der Waals surface area contributed by atoms with Gasteiger partial charge in [0, 0.05) is 0 Å². The monoisotopic (exact) mass is 308 g/mol. The first kappa shape index (κ1) is 19.4. The van der Waals surface area contributed by atoms with Gasteiger partial charge in [0.15, 0.2) is 0 Å². The zero-order valence-corrected chi connectivity index (χ0v) is 16.4. The molecule has 0 amide bonds. The summed E-state index contributed by atoms with van der Waals surface area (Å²) in [5.74, 6) is 0. The third-order valence-corrected chi connectivity index (χ3v) is 23.0. The number of thiol groups is 1. The second-order valence-electron chi connectivity index (χ2n) is 7.46. The highest BCUT2D eigenvalue weighted by molar-refractivity contribution is 8.81. The van der Waals surface area contributed by atoms with Gasteiger partial charge in [-0.1, -0.05) is 81.9 Å². The Balaban J connectivity index is 7.37. The Bertz CT molecular complexity index is 293. The van der Waals surface area contributed by atoms with E-state index in [0.29, 0.717) is 26.2 Å². The van der Waals surface area contributed by atoms with Crippen molar-refractivity contribution in [1.29, 1.82) is 0 Å². The van der Waals surface area contributed by atoms with Gasteiger partial charge in [0.1, 0.15) is 0 Å². The smallest absolute Gasteiger partial charge is 0.214 e. The maximum absolute atomic E-state index is 13.2. The van der Waals surface area contributed by atoms with Crippen LogP contribution in [0, 0.1) is 0 Å². The molecule has 0 fully saturated rings. The molecule has 1 nitrogen and oxygen atoms in total. The highest BCUT2D eigenvalue weighted by atomic mass is 32.4. The summed E-state index contributed by atoms with van der Waals surface area (Å²) in [6.07, 6.45) is 0. The molecule has 0 aliphatic rings. The van der Waals surface area contributed by atoms with Crippen LogP contribution in [0.2, 0.25) is 0 Å². The van der Waals surface area contributed by atoms with E-state index < -0.39 is 8.29 Å². The fourth-order valence-electron chi connectivity index (χ4n) is 6.45. The molecule has 0 aliphatic carbocycles. The van der Waals surface area contributed by atoms with E-state index in [9.17, 15) is 4.79 Å². The molecule has 0 aromatic carbocycles. The minimum atomic E-state index is -3.10. The average molecular weight is 309 g/mol. The molecule has 0 spiro atoms. The van der Waals surface area contributed by atoms with Gasteiger partial charge in [0.05, 0.1) is 0 Å². The Morgan fingerprint density at radius 1 is 0.632 bits per heavy atom. The summed E-state index contributed by atoms with van der Waals surface area (Å²) in [5.41, 5.74) is 0. The summed E-state index contributed by atoms with van der Waals surface area (Å²) in [7, 11) is -3.10. The summed E-state index contributed by atoms with van der Waals surface area (Å²) >= 11 is 4.56. The molecule has 3 heteroatoms. The molecule has 0 aliphatic heterocycles. The number of rotatable bonds is 5. The Labute approximate surface area is 126 Å². The first-order chi connectivity index (χ1) is 8.34. The van der Waals surface area contributed by atoms with E-state index in [0.717, 1.165) is 0 Å². The van der Waals surface area contributed by atoms with Gasteiger partial charge < -0.3 is 0 Å². The lowest BCUT2D eigenvalue weighted by molar-refractivity contribution is 0.274. The molecule has 0 saturated heterocycles. The molecule has 19 heavy (non-hydrogen) atoms. The van der Waals surface area contributed by atoms with Gasteiger partial charge in [0.25, 0.3) is 0 Å². The molecule has 0 saturated carbocycles. The summed E-state index contributed by atoms with van der Waals surface area (Å²) in [6, 6.07) is 0. The quantitative estimate of drug-likeness (QED) is 0.621. The Kier molecular flexibility index (Phi) is 5.07. The maximum Gasteiger partial charge on any atom is 0.214 e. The van der Waals surface area contributed by atoms with Crippen LogP contribution in [-0.4, -0.2) is 30.7 Å². The van der Waals surface area contributed by atoms with Gasteiger partial charge in [-0.2, -0.15) is 0 Å². The van der Waals surface area contributed by atoms with E-state index in [1.165, 1.54) is 0 Å². The molecule has 0 N–H and O–H groups in total. The van der Waals surface area contributed by atoms with Crippen molar-refractivity contribution in [2.75, 3.05) is 0 Å². The molecular formula is C16H36OS2. The van der Waals surface area contributed by atoms with Crippen molar-refractivity contribution in [1.82, 2.24) is 0 Å². The fraction of sp³-hybridized carbons (Fsp3) is 0.938. The van der Waals surface area contributed by atoms with Crippen molar-refractivity contribution in [3.63, 3.8) is 0 Å². The SMILES string of the molecule is CC(C)S(C(=O)S)(C(C)C)(C(C)C)(C(C)C)C(C)C. The van der Waals surface area contributed by atoms with Crippen LogP contribution in [0.1, 0.15) is 69.2 Å². The fourth-order valence-corrected chi connectivity index (χ4v) is 22.5. The van der Waals surface area contributed by atoms with Crippen molar-refractivity contribution < 1.29 is 4.79 Å². The van der Waals surface area contributed by atoms with Crippen LogP contribution in [0.5, 0.6) is 0 Å². The zero-order valence-electron chi connectivity index (χ0n) is 14.7. The predicted octanol–water partition coefficient (Wildman–Crippen LogP) is 5.95. The normalized spacial score (nSPS) is 17.5. The maximum atomic E-state index is 13.2. The largest absolute Gasteiger partial charge is 0.278 e. The lowest BCUT2D eigenvalue weighted by atomic mass is 10.5. The third-order valence-electron chi connectivity index (χ3n) is 7.13. The third kappa shape index (κ3) is 1.35. The number of carbonyl (C=O) groups excluding carboxylic acids is 1. The Morgan fingerprint density at radius 2 is 0.789 bits per heavy atom. The molecule has 0 aromatic rings. The van der Waals surface area contributed by atoms with Crippen LogP contribution in [0.25, 0.3) is 0 Å². The van der Waals surface area contributed by atoms with E-state index in [-0.39, 0.29) is 4.45 Å².